The maximum Gasteiger partial charge on any atom is 0.260 e. The van der Waals surface area contributed by atoms with Crippen LogP contribution in [0.25, 0.3) is 11.5 Å². The molecule has 0 fully saturated rings. The molecule has 2 N–H and O–H groups in total. The third-order valence-electron chi connectivity index (χ3n) is 2.16. The van der Waals surface area contributed by atoms with Gasteiger partial charge in [0.05, 0.1) is 22.5 Å². The fourth-order valence-corrected chi connectivity index (χ4v) is 2.75. The van der Waals surface area contributed by atoms with Crippen LogP contribution in [0.1, 0.15) is 18.8 Å². The van der Waals surface area contributed by atoms with Gasteiger partial charge < -0.3 is 15.0 Å². The van der Waals surface area contributed by atoms with E-state index in [1.807, 2.05) is 6.92 Å². The highest BCUT2D eigenvalue weighted by Crippen LogP contribution is 2.37. The van der Waals surface area contributed by atoms with Gasteiger partial charge in [0.2, 0.25) is 0 Å². The van der Waals surface area contributed by atoms with E-state index in [9.17, 15) is 0 Å². The zero-order chi connectivity index (χ0) is 13.1. The van der Waals surface area contributed by atoms with Crippen molar-refractivity contribution >= 4 is 34.5 Å². The summed E-state index contributed by atoms with van der Waals surface area (Å²) in [5.74, 6) is 0.696. The van der Waals surface area contributed by atoms with E-state index >= 15 is 0 Å². The van der Waals surface area contributed by atoms with E-state index in [1.165, 1.54) is 11.3 Å². The molecule has 0 amide bonds. The average molecular weight is 308 g/mol. The molecule has 2 aromatic rings. The van der Waals surface area contributed by atoms with Crippen LogP contribution in [0.3, 0.4) is 0 Å². The Morgan fingerprint density at radius 1 is 1.56 bits per heavy atom. The molecule has 8 heteroatoms. The topological polar surface area (TPSA) is 74.2 Å². The monoisotopic (exact) mass is 307 g/mol. The molecule has 0 aliphatic carbocycles. The number of hydrogen-bond donors (Lipinski definition) is 1. The van der Waals surface area contributed by atoms with Crippen LogP contribution in [-0.2, 0) is 4.74 Å². The van der Waals surface area contributed by atoms with Gasteiger partial charge in [0.25, 0.3) is 5.89 Å². The highest BCUT2D eigenvalue weighted by Gasteiger charge is 2.18. The lowest BCUT2D eigenvalue weighted by Crippen LogP contribution is -2.18. The Bertz CT molecular complexity index is 529. The van der Waals surface area contributed by atoms with Crippen molar-refractivity contribution in [2.45, 2.75) is 13.0 Å². The summed E-state index contributed by atoms with van der Waals surface area (Å²) in [6.45, 7) is 2.82. The Hall–Kier alpha value is -0.660. The van der Waals surface area contributed by atoms with Gasteiger partial charge in [-0.2, -0.15) is 4.98 Å². The lowest BCUT2D eigenvalue weighted by atomic mass is 10.3. The van der Waals surface area contributed by atoms with Crippen molar-refractivity contribution in [1.29, 1.82) is 0 Å². The Balaban J connectivity index is 2.17. The smallest absolute Gasteiger partial charge is 0.260 e. The molecule has 0 spiro atoms. The quantitative estimate of drug-likeness (QED) is 0.918. The number of halogens is 2. The predicted molar refractivity (Wildman–Crippen MR) is 71.1 cm³/mol. The van der Waals surface area contributed by atoms with Crippen molar-refractivity contribution in [3.05, 3.63) is 20.6 Å². The van der Waals surface area contributed by atoms with E-state index in [-0.39, 0.29) is 0 Å². The zero-order valence-corrected chi connectivity index (χ0v) is 11.8. The number of rotatable bonds is 5. The Morgan fingerprint density at radius 3 is 2.94 bits per heavy atom. The first-order chi connectivity index (χ1) is 8.61. The van der Waals surface area contributed by atoms with Gasteiger partial charge in [0.15, 0.2) is 5.82 Å². The van der Waals surface area contributed by atoms with Crippen LogP contribution in [0.5, 0.6) is 0 Å². The SMILES string of the molecule is CCOCC(N)c1noc(-c2cc(Cl)sc2Cl)n1. The number of aromatic nitrogens is 2. The maximum absolute atomic E-state index is 6.00. The predicted octanol–water partition coefficient (Wildman–Crippen LogP) is 3.14. The van der Waals surface area contributed by atoms with E-state index in [4.69, 9.17) is 38.2 Å². The fourth-order valence-electron chi connectivity index (χ4n) is 1.30. The van der Waals surface area contributed by atoms with Gasteiger partial charge in [-0.25, -0.2) is 0 Å². The number of hydrogen-bond acceptors (Lipinski definition) is 6. The first-order valence-corrected chi connectivity index (χ1v) is 6.81. The number of nitrogens with two attached hydrogens (primary N) is 1. The van der Waals surface area contributed by atoms with Crippen LogP contribution in [0.4, 0.5) is 0 Å². The Kier molecular flexibility index (Phi) is 4.58. The van der Waals surface area contributed by atoms with Crippen LogP contribution >= 0.6 is 34.5 Å². The Labute approximate surface area is 118 Å². The molecule has 2 rings (SSSR count). The van der Waals surface area contributed by atoms with Crippen molar-refractivity contribution in [1.82, 2.24) is 10.1 Å². The van der Waals surface area contributed by atoms with Gasteiger partial charge in [-0.1, -0.05) is 28.4 Å². The number of thiophene rings is 1. The van der Waals surface area contributed by atoms with Gasteiger partial charge in [0, 0.05) is 6.61 Å². The zero-order valence-electron chi connectivity index (χ0n) is 9.52. The lowest BCUT2D eigenvalue weighted by Gasteiger charge is -2.05. The van der Waals surface area contributed by atoms with Crippen LogP contribution in [-0.4, -0.2) is 23.4 Å². The highest BCUT2D eigenvalue weighted by atomic mass is 35.5. The third-order valence-corrected chi connectivity index (χ3v) is 3.65. The number of nitrogens with zero attached hydrogens (tertiary/aromatic N) is 2. The minimum Gasteiger partial charge on any atom is -0.380 e. The second-order valence-electron chi connectivity index (χ2n) is 3.46. The molecule has 18 heavy (non-hydrogen) atoms. The largest absolute Gasteiger partial charge is 0.380 e. The molecule has 2 heterocycles. The van der Waals surface area contributed by atoms with E-state index in [1.54, 1.807) is 6.07 Å². The maximum atomic E-state index is 6.00. The van der Waals surface area contributed by atoms with Gasteiger partial charge in [-0.15, -0.1) is 11.3 Å². The lowest BCUT2D eigenvalue weighted by molar-refractivity contribution is 0.130. The summed E-state index contributed by atoms with van der Waals surface area (Å²) in [6.07, 6.45) is 0. The number of ether oxygens (including phenoxy) is 1. The molecule has 2 aromatic heterocycles. The normalized spacial score (nSPS) is 12.9. The van der Waals surface area contributed by atoms with Crippen molar-refractivity contribution in [3.8, 4) is 11.5 Å². The average Bonchev–Trinajstić information content (AvgIpc) is 2.92. The molecule has 1 unspecified atom stereocenters. The van der Waals surface area contributed by atoms with Gasteiger partial charge >= 0.3 is 0 Å². The minimum atomic E-state index is -0.421. The van der Waals surface area contributed by atoms with Crippen LogP contribution < -0.4 is 5.73 Å². The molecule has 0 aromatic carbocycles. The summed E-state index contributed by atoms with van der Waals surface area (Å²) in [7, 11) is 0. The second-order valence-corrected chi connectivity index (χ2v) is 5.75. The van der Waals surface area contributed by atoms with Crippen LogP contribution in [0, 0.1) is 0 Å². The Morgan fingerprint density at radius 2 is 2.33 bits per heavy atom. The van der Waals surface area contributed by atoms with Gasteiger partial charge in [0.1, 0.15) is 4.34 Å². The van der Waals surface area contributed by atoms with Crippen LogP contribution in [0.15, 0.2) is 10.6 Å². The molecular formula is C10H11Cl2N3O2S. The summed E-state index contributed by atoms with van der Waals surface area (Å²) in [4.78, 5) is 4.19. The van der Waals surface area contributed by atoms with Crippen molar-refractivity contribution < 1.29 is 9.26 Å². The van der Waals surface area contributed by atoms with Gasteiger partial charge in [-0.05, 0) is 13.0 Å². The summed E-state index contributed by atoms with van der Waals surface area (Å²) >= 11 is 13.1. The van der Waals surface area contributed by atoms with E-state index in [0.29, 0.717) is 39.2 Å². The molecule has 0 saturated heterocycles. The van der Waals surface area contributed by atoms with Crippen molar-refractivity contribution in [2.24, 2.45) is 5.73 Å². The summed E-state index contributed by atoms with van der Waals surface area (Å²) < 4.78 is 11.4. The standard InChI is InChI=1S/C10H11Cl2N3O2S/c1-2-16-4-6(13)9-14-10(17-15-9)5-3-7(11)18-8(5)12/h3,6H,2,4,13H2,1H3. The molecule has 0 aliphatic heterocycles. The minimum absolute atomic E-state index is 0.310. The molecule has 5 nitrogen and oxygen atoms in total. The molecule has 0 aliphatic rings. The molecule has 0 saturated carbocycles. The molecule has 0 radical (unpaired) electrons. The first kappa shape index (κ1) is 13.8. The second kappa shape index (κ2) is 5.99. The van der Waals surface area contributed by atoms with Crippen molar-refractivity contribution in [2.75, 3.05) is 13.2 Å². The van der Waals surface area contributed by atoms with Crippen LogP contribution in [0.2, 0.25) is 8.67 Å². The fraction of sp³-hybridized carbons (Fsp3) is 0.400. The molecule has 0 bridgehead atoms. The van der Waals surface area contributed by atoms with Gasteiger partial charge in [-0.3, -0.25) is 0 Å². The van der Waals surface area contributed by atoms with E-state index in [2.05, 4.69) is 10.1 Å². The third kappa shape index (κ3) is 3.02. The van der Waals surface area contributed by atoms with Crippen molar-refractivity contribution in [3.63, 3.8) is 0 Å². The molecule has 1 atom stereocenters. The molecular weight excluding hydrogens is 297 g/mol. The summed E-state index contributed by atoms with van der Waals surface area (Å²) in [5.41, 5.74) is 6.47. The summed E-state index contributed by atoms with van der Waals surface area (Å²) in [6, 6.07) is 1.26. The van der Waals surface area contributed by atoms with E-state index in [0.717, 1.165) is 0 Å². The highest BCUT2D eigenvalue weighted by molar-refractivity contribution is 7.20. The molecule has 98 valence electrons. The first-order valence-electron chi connectivity index (χ1n) is 5.24. The summed E-state index contributed by atoms with van der Waals surface area (Å²) in [5, 5.41) is 3.81. The van der Waals surface area contributed by atoms with E-state index < -0.39 is 6.04 Å².